The standard InChI is InChI=1S/C14H18BrNO3S2/c1-16(8-11-2-4-12(15)5-3-11)14(17)9-20-13-6-7-21(18,19)10-13/h2-5,13H,6-10H2,1H3/t13-/m0/s1. The third kappa shape index (κ3) is 5.30. The first kappa shape index (κ1) is 16.8. The molecule has 0 aliphatic carbocycles. The SMILES string of the molecule is CN(Cc1ccc(Br)cc1)C(=O)CS[C@H]1CCS(=O)(=O)C1. The van der Waals surface area contributed by atoms with Gasteiger partial charge in [0.2, 0.25) is 5.91 Å². The van der Waals surface area contributed by atoms with E-state index in [4.69, 9.17) is 0 Å². The van der Waals surface area contributed by atoms with Crippen molar-refractivity contribution in [1.29, 1.82) is 0 Å². The van der Waals surface area contributed by atoms with E-state index in [1.54, 1.807) is 11.9 Å². The Bertz CT molecular complexity index is 601. The van der Waals surface area contributed by atoms with E-state index >= 15 is 0 Å². The van der Waals surface area contributed by atoms with Crippen LogP contribution in [0.1, 0.15) is 12.0 Å². The van der Waals surface area contributed by atoms with Crippen LogP contribution in [0.15, 0.2) is 28.7 Å². The molecule has 1 fully saturated rings. The summed E-state index contributed by atoms with van der Waals surface area (Å²) in [5, 5.41) is 0.0695. The molecule has 1 aliphatic rings. The van der Waals surface area contributed by atoms with Gasteiger partial charge >= 0.3 is 0 Å². The number of hydrogen-bond acceptors (Lipinski definition) is 4. The molecule has 0 bridgehead atoms. The number of rotatable bonds is 5. The molecule has 4 nitrogen and oxygen atoms in total. The number of hydrogen-bond donors (Lipinski definition) is 0. The van der Waals surface area contributed by atoms with Crippen LogP contribution in [0.5, 0.6) is 0 Å². The molecule has 0 radical (unpaired) electrons. The van der Waals surface area contributed by atoms with Crippen LogP contribution < -0.4 is 0 Å². The molecule has 0 spiro atoms. The van der Waals surface area contributed by atoms with E-state index in [2.05, 4.69) is 15.9 Å². The molecule has 0 N–H and O–H groups in total. The Balaban J connectivity index is 1.79. The van der Waals surface area contributed by atoms with Gasteiger partial charge in [0, 0.05) is 23.3 Å². The van der Waals surface area contributed by atoms with E-state index < -0.39 is 9.84 Å². The van der Waals surface area contributed by atoms with Crippen molar-refractivity contribution in [3.05, 3.63) is 34.3 Å². The van der Waals surface area contributed by atoms with Gasteiger partial charge in [0.05, 0.1) is 17.3 Å². The molecule has 1 aromatic carbocycles. The lowest BCUT2D eigenvalue weighted by molar-refractivity contribution is -0.127. The van der Waals surface area contributed by atoms with Crippen molar-refractivity contribution < 1.29 is 13.2 Å². The Morgan fingerprint density at radius 3 is 2.62 bits per heavy atom. The Labute approximate surface area is 138 Å². The van der Waals surface area contributed by atoms with Crippen molar-refractivity contribution >= 4 is 43.4 Å². The summed E-state index contributed by atoms with van der Waals surface area (Å²) in [6.07, 6.45) is 0.663. The second-order valence-corrected chi connectivity index (χ2v) is 9.65. The molecule has 0 unspecified atom stereocenters. The number of nitrogens with zero attached hydrogens (tertiary/aromatic N) is 1. The highest BCUT2D eigenvalue weighted by molar-refractivity contribution is 9.10. The van der Waals surface area contributed by atoms with Crippen LogP contribution in [0, 0.1) is 0 Å². The van der Waals surface area contributed by atoms with Crippen LogP contribution >= 0.6 is 27.7 Å². The van der Waals surface area contributed by atoms with E-state index in [0.717, 1.165) is 10.0 Å². The summed E-state index contributed by atoms with van der Waals surface area (Å²) < 4.78 is 23.8. The minimum atomic E-state index is -2.87. The lowest BCUT2D eigenvalue weighted by atomic mass is 10.2. The fourth-order valence-corrected chi connectivity index (χ4v) is 5.99. The molecular weight excluding hydrogens is 374 g/mol. The van der Waals surface area contributed by atoms with E-state index in [1.165, 1.54) is 11.8 Å². The maximum absolute atomic E-state index is 12.1. The maximum atomic E-state index is 12.1. The Kier molecular flexibility index (Phi) is 5.73. The highest BCUT2D eigenvalue weighted by Crippen LogP contribution is 2.24. The minimum absolute atomic E-state index is 0.0345. The molecule has 2 rings (SSSR count). The summed E-state index contributed by atoms with van der Waals surface area (Å²) in [5.74, 6) is 0.842. The van der Waals surface area contributed by atoms with Crippen molar-refractivity contribution in [2.24, 2.45) is 0 Å². The minimum Gasteiger partial charge on any atom is -0.341 e. The van der Waals surface area contributed by atoms with Gasteiger partial charge in [0.25, 0.3) is 0 Å². The summed E-state index contributed by atoms with van der Waals surface area (Å²) in [6.45, 7) is 0.565. The summed E-state index contributed by atoms with van der Waals surface area (Å²) >= 11 is 4.84. The second-order valence-electron chi connectivity index (χ2n) is 5.21. The zero-order valence-electron chi connectivity index (χ0n) is 11.8. The lowest BCUT2D eigenvalue weighted by Gasteiger charge is -2.18. The number of amides is 1. The zero-order chi connectivity index (χ0) is 15.5. The average molecular weight is 392 g/mol. The highest BCUT2D eigenvalue weighted by Gasteiger charge is 2.28. The smallest absolute Gasteiger partial charge is 0.232 e. The molecule has 1 aliphatic heterocycles. The predicted molar refractivity (Wildman–Crippen MR) is 90.1 cm³/mol. The summed E-state index contributed by atoms with van der Waals surface area (Å²) in [7, 11) is -1.09. The molecule has 0 aromatic heterocycles. The number of carbonyl (C=O) groups is 1. The van der Waals surface area contributed by atoms with Crippen molar-refractivity contribution in [1.82, 2.24) is 4.90 Å². The van der Waals surface area contributed by atoms with Gasteiger partial charge in [0.15, 0.2) is 9.84 Å². The van der Waals surface area contributed by atoms with Crippen molar-refractivity contribution in [2.75, 3.05) is 24.3 Å². The zero-order valence-corrected chi connectivity index (χ0v) is 15.0. The monoisotopic (exact) mass is 391 g/mol. The van der Waals surface area contributed by atoms with Crippen molar-refractivity contribution in [3.63, 3.8) is 0 Å². The van der Waals surface area contributed by atoms with Gasteiger partial charge in [-0.1, -0.05) is 28.1 Å². The molecule has 7 heteroatoms. The van der Waals surface area contributed by atoms with Crippen molar-refractivity contribution in [2.45, 2.75) is 18.2 Å². The third-order valence-electron chi connectivity index (χ3n) is 3.39. The van der Waals surface area contributed by atoms with Gasteiger partial charge in [0.1, 0.15) is 0 Å². The summed E-state index contributed by atoms with van der Waals surface area (Å²) in [6, 6.07) is 7.85. The van der Waals surface area contributed by atoms with Gasteiger partial charge in [-0.05, 0) is 24.1 Å². The van der Waals surface area contributed by atoms with Crippen LogP contribution in [-0.2, 0) is 21.2 Å². The van der Waals surface area contributed by atoms with Crippen LogP contribution in [0.3, 0.4) is 0 Å². The fourth-order valence-electron chi connectivity index (χ4n) is 2.14. The number of thioether (sulfide) groups is 1. The Morgan fingerprint density at radius 2 is 2.05 bits per heavy atom. The molecule has 1 atom stereocenters. The van der Waals surface area contributed by atoms with Crippen LogP contribution in [0.25, 0.3) is 0 Å². The molecule has 21 heavy (non-hydrogen) atoms. The van der Waals surface area contributed by atoms with Gasteiger partial charge in [-0.25, -0.2) is 8.42 Å². The first-order valence-electron chi connectivity index (χ1n) is 6.66. The quantitative estimate of drug-likeness (QED) is 0.772. The number of sulfone groups is 1. The molecule has 116 valence electrons. The number of carbonyl (C=O) groups excluding carboxylic acids is 1. The molecule has 1 heterocycles. The van der Waals surface area contributed by atoms with Crippen LogP contribution in [0.2, 0.25) is 0 Å². The maximum Gasteiger partial charge on any atom is 0.232 e. The number of benzene rings is 1. The Morgan fingerprint density at radius 1 is 1.38 bits per heavy atom. The largest absolute Gasteiger partial charge is 0.341 e. The first-order valence-corrected chi connectivity index (χ1v) is 10.3. The summed E-state index contributed by atoms with van der Waals surface area (Å²) in [5.41, 5.74) is 1.07. The van der Waals surface area contributed by atoms with Crippen molar-refractivity contribution in [3.8, 4) is 0 Å². The fraction of sp³-hybridized carbons (Fsp3) is 0.500. The van der Waals surface area contributed by atoms with Gasteiger partial charge in [-0.3, -0.25) is 4.79 Å². The van der Waals surface area contributed by atoms with E-state index in [-0.39, 0.29) is 22.7 Å². The van der Waals surface area contributed by atoms with Gasteiger partial charge in [-0.15, -0.1) is 11.8 Å². The molecule has 1 amide bonds. The normalized spacial score (nSPS) is 20.4. The topological polar surface area (TPSA) is 54.5 Å². The molecule has 1 saturated heterocycles. The van der Waals surface area contributed by atoms with E-state index in [0.29, 0.717) is 18.7 Å². The number of halogens is 1. The Hall–Kier alpha value is -0.530. The van der Waals surface area contributed by atoms with Crippen LogP contribution in [0.4, 0.5) is 0 Å². The molecular formula is C14H18BrNO3S2. The van der Waals surface area contributed by atoms with Crippen LogP contribution in [-0.4, -0.2) is 48.8 Å². The molecule has 1 aromatic rings. The third-order valence-corrected chi connectivity index (χ3v) is 7.19. The molecule has 0 saturated carbocycles. The first-order chi connectivity index (χ1) is 9.85. The second kappa shape index (κ2) is 7.15. The predicted octanol–water partition coefficient (Wildman–Crippen LogP) is 2.33. The van der Waals surface area contributed by atoms with E-state index in [9.17, 15) is 13.2 Å². The van der Waals surface area contributed by atoms with E-state index in [1.807, 2.05) is 24.3 Å². The lowest BCUT2D eigenvalue weighted by Crippen LogP contribution is -2.28. The van der Waals surface area contributed by atoms with Gasteiger partial charge < -0.3 is 4.90 Å². The summed E-state index contributed by atoms with van der Waals surface area (Å²) in [4.78, 5) is 13.8. The average Bonchev–Trinajstić information content (AvgIpc) is 2.78. The highest BCUT2D eigenvalue weighted by atomic mass is 79.9. The van der Waals surface area contributed by atoms with Gasteiger partial charge in [-0.2, -0.15) is 0 Å².